The lowest BCUT2D eigenvalue weighted by atomic mass is 10.2. The Morgan fingerprint density at radius 1 is 0.260 bits per heavy atom. The molecule has 0 aromatic rings. The molecule has 29 heteroatoms. The van der Waals surface area contributed by atoms with Crippen LogP contribution in [-0.4, -0.2) is 322 Å². The third-order valence-electron chi connectivity index (χ3n) is 10.8. The largest absolute Gasteiger partial charge is 0.392 e. The number of nitrogens with two attached hydrogens (primary N) is 1. The Morgan fingerprint density at radius 3 is 0.481 bits per heavy atom. The van der Waals surface area contributed by atoms with Crippen molar-refractivity contribution in [3.63, 3.8) is 0 Å². The van der Waals surface area contributed by atoms with Crippen LogP contribution in [0, 0.1) is 0 Å². The zero-order chi connectivity index (χ0) is 59.6. The van der Waals surface area contributed by atoms with E-state index in [-0.39, 0.29) is 19.5 Å². The number of primary amides is 1. The molecule has 0 aromatic carbocycles. The molecule has 0 bridgehead atoms. The van der Waals surface area contributed by atoms with Gasteiger partial charge >= 0.3 is 0 Å². The minimum Gasteiger partial charge on any atom is -0.392 e. The van der Waals surface area contributed by atoms with Gasteiger partial charge in [0.05, 0.1) is 114 Å². The highest BCUT2D eigenvalue weighted by Crippen LogP contribution is 2.10. The Morgan fingerprint density at radius 2 is 0.377 bits per heavy atom. The van der Waals surface area contributed by atoms with Gasteiger partial charge in [-0.05, 0) is 62.3 Å². The minimum atomic E-state index is -1.30. The van der Waals surface area contributed by atoms with E-state index >= 15 is 0 Å². The fourth-order valence-electron chi connectivity index (χ4n) is 7.68. The molecule has 0 heterocycles. The summed E-state index contributed by atoms with van der Waals surface area (Å²) in [5, 5.41) is 92.2. The van der Waals surface area contributed by atoms with E-state index in [1.54, 1.807) is 6.92 Å². The Kier molecular flexibility index (Phi) is 33.1. The maximum absolute atomic E-state index is 14.1. The highest BCUT2D eigenvalue weighted by molar-refractivity contribution is 5.94. The van der Waals surface area contributed by atoms with Crippen molar-refractivity contribution in [2.24, 2.45) is 5.73 Å². The van der Waals surface area contributed by atoms with Gasteiger partial charge in [-0.2, -0.15) is 0 Å². The van der Waals surface area contributed by atoms with Gasteiger partial charge in [-0.1, -0.05) is 6.92 Å². The number of hydrogen-bond donors (Lipinski definition) is 10. The molecule has 77 heavy (non-hydrogen) atoms. The standard InChI is InChI=1S/C48H88N10O19/c1-11-40(69)51(13-31(3)60)22-42(71)53(15-33(5)62)24-44(73)55(17-35(7)64)26-46(75)57(19-37(9)66)28-48(77)58(20-38(10)67)29-47(76)56(18-36(8)65)27-45(74)54(16-34(6)63)25-43(72)52(14-32(4)61)23-41(70)50(12-30(2)59)21-39(49)68/h30-38,59-67H,11-29H2,1-10H3,(H2,49,68). The summed E-state index contributed by atoms with van der Waals surface area (Å²) >= 11 is 0. The zero-order valence-corrected chi connectivity index (χ0v) is 46.3. The van der Waals surface area contributed by atoms with Gasteiger partial charge in [-0.25, -0.2) is 0 Å². The SMILES string of the molecule is CCC(=O)N(CC(=O)N(CC(=O)N(CC(=O)N(CC(=O)N(CC(=O)N(CC(=O)N(CC(=O)N(CC(=O)N(CC(N)=O)CC(C)O)CC(C)O)CC(C)O)CC(C)O)CC(C)O)CC(C)O)CC(C)O)CC(C)O)CC(C)O. The summed E-state index contributed by atoms with van der Waals surface area (Å²) < 4.78 is 0. The Hall–Kier alpha value is -5.66. The second-order valence-corrected chi connectivity index (χ2v) is 19.9. The van der Waals surface area contributed by atoms with Gasteiger partial charge in [0.15, 0.2) is 0 Å². The number of aliphatic hydroxyl groups excluding tert-OH is 9. The average molecular weight is 1110 g/mol. The molecule has 0 saturated carbocycles. The summed E-state index contributed by atoms with van der Waals surface area (Å²) in [6.45, 7) is 2.47. The molecule has 444 valence electrons. The van der Waals surface area contributed by atoms with Gasteiger partial charge in [-0.15, -0.1) is 0 Å². The maximum Gasteiger partial charge on any atom is 0.242 e. The van der Waals surface area contributed by atoms with Crippen LogP contribution < -0.4 is 5.73 Å². The molecule has 0 saturated heterocycles. The summed E-state index contributed by atoms with van der Waals surface area (Å²) in [4.78, 5) is 143. The van der Waals surface area contributed by atoms with E-state index in [2.05, 4.69) is 0 Å². The lowest BCUT2D eigenvalue weighted by molar-refractivity contribution is -0.151. The molecule has 29 nitrogen and oxygen atoms in total. The van der Waals surface area contributed by atoms with Crippen molar-refractivity contribution in [3.05, 3.63) is 0 Å². The Balaban J connectivity index is 6.78. The number of nitrogens with zero attached hydrogens (tertiary/aromatic N) is 9. The number of carbonyl (C=O) groups is 10. The average Bonchev–Trinajstić information content (AvgIpc) is 3.27. The number of aliphatic hydroxyl groups is 9. The van der Waals surface area contributed by atoms with Crippen molar-refractivity contribution in [2.75, 3.05) is 118 Å². The molecule has 0 aromatic heterocycles. The van der Waals surface area contributed by atoms with Crippen LogP contribution in [0.4, 0.5) is 0 Å². The van der Waals surface area contributed by atoms with Gasteiger partial charge in [0.2, 0.25) is 59.1 Å². The van der Waals surface area contributed by atoms with Crippen molar-refractivity contribution >= 4 is 59.1 Å². The van der Waals surface area contributed by atoms with Crippen molar-refractivity contribution < 1.29 is 93.9 Å². The van der Waals surface area contributed by atoms with Crippen LogP contribution in [0.25, 0.3) is 0 Å². The predicted molar refractivity (Wildman–Crippen MR) is 274 cm³/mol. The monoisotopic (exact) mass is 1110 g/mol. The van der Waals surface area contributed by atoms with Crippen molar-refractivity contribution in [3.8, 4) is 0 Å². The van der Waals surface area contributed by atoms with E-state index in [4.69, 9.17) is 5.73 Å². The van der Waals surface area contributed by atoms with Crippen LogP contribution in [0.15, 0.2) is 0 Å². The van der Waals surface area contributed by atoms with Crippen LogP contribution in [-0.2, 0) is 47.9 Å². The van der Waals surface area contributed by atoms with E-state index in [0.29, 0.717) is 0 Å². The molecule has 0 aliphatic heterocycles. The third-order valence-corrected chi connectivity index (χ3v) is 10.8. The van der Waals surface area contributed by atoms with E-state index < -0.39 is 219 Å². The van der Waals surface area contributed by atoms with Crippen molar-refractivity contribution in [1.82, 2.24) is 44.1 Å². The first kappa shape index (κ1) is 71.3. The first-order valence-corrected chi connectivity index (χ1v) is 25.5. The highest BCUT2D eigenvalue weighted by atomic mass is 16.3. The molecule has 0 rings (SSSR count). The van der Waals surface area contributed by atoms with Gasteiger partial charge < -0.3 is 95.8 Å². The van der Waals surface area contributed by atoms with Gasteiger partial charge in [0.1, 0.15) is 0 Å². The summed E-state index contributed by atoms with van der Waals surface area (Å²) in [6, 6.07) is 0. The minimum absolute atomic E-state index is 0.00749. The van der Waals surface area contributed by atoms with E-state index in [9.17, 15) is 93.9 Å². The summed E-state index contributed by atoms with van der Waals surface area (Å²) in [5.41, 5.74) is 5.27. The Bertz CT molecular complexity index is 1920. The lowest BCUT2D eigenvalue weighted by Gasteiger charge is -2.34. The van der Waals surface area contributed by atoms with Crippen LogP contribution in [0.3, 0.4) is 0 Å². The fourth-order valence-corrected chi connectivity index (χ4v) is 7.68. The van der Waals surface area contributed by atoms with Gasteiger partial charge in [0.25, 0.3) is 0 Å². The zero-order valence-electron chi connectivity index (χ0n) is 46.3. The molecule has 0 spiro atoms. The Labute approximate surface area is 450 Å². The van der Waals surface area contributed by atoms with Crippen LogP contribution >= 0.6 is 0 Å². The molecular formula is C48H88N10O19. The molecule has 9 atom stereocenters. The third kappa shape index (κ3) is 30.2. The quantitative estimate of drug-likeness (QED) is 0.0276. The summed E-state index contributed by atoms with van der Waals surface area (Å²) in [6.07, 6.45) is -10.9. The molecule has 0 fully saturated rings. The van der Waals surface area contributed by atoms with Gasteiger partial charge in [0, 0.05) is 65.3 Å². The highest BCUT2D eigenvalue weighted by Gasteiger charge is 2.33. The normalized spacial score (nSPS) is 14.7. The number of hydrogen-bond acceptors (Lipinski definition) is 19. The molecule has 0 aliphatic rings. The molecular weight excluding hydrogens is 1020 g/mol. The summed E-state index contributed by atoms with van der Waals surface area (Å²) in [5.74, 6) is -8.76. The number of carbonyl (C=O) groups excluding carboxylic acids is 10. The van der Waals surface area contributed by atoms with E-state index in [1.807, 2.05) is 0 Å². The second-order valence-electron chi connectivity index (χ2n) is 19.9. The van der Waals surface area contributed by atoms with Gasteiger partial charge in [-0.3, -0.25) is 47.9 Å². The fraction of sp³-hybridized carbons (Fsp3) is 0.792. The van der Waals surface area contributed by atoms with Crippen LogP contribution in [0.2, 0.25) is 0 Å². The van der Waals surface area contributed by atoms with Crippen LogP contribution in [0.5, 0.6) is 0 Å². The van der Waals surface area contributed by atoms with Crippen LogP contribution in [0.1, 0.15) is 75.7 Å². The molecule has 0 radical (unpaired) electrons. The molecule has 0 aliphatic carbocycles. The predicted octanol–water partition coefficient (Wildman–Crippen LogP) is -7.23. The second kappa shape index (κ2) is 35.7. The smallest absolute Gasteiger partial charge is 0.242 e. The maximum atomic E-state index is 14.1. The summed E-state index contributed by atoms with van der Waals surface area (Å²) in [7, 11) is 0. The first-order chi connectivity index (χ1) is 35.6. The lowest BCUT2D eigenvalue weighted by Crippen LogP contribution is -2.55. The number of rotatable bonds is 37. The first-order valence-electron chi connectivity index (χ1n) is 25.5. The van der Waals surface area contributed by atoms with E-state index in [1.165, 1.54) is 62.3 Å². The van der Waals surface area contributed by atoms with Crippen molar-refractivity contribution in [2.45, 2.75) is 131 Å². The van der Waals surface area contributed by atoms with E-state index in [0.717, 1.165) is 44.1 Å². The molecule has 10 amide bonds. The molecule has 11 N–H and O–H groups in total. The topological polar surface area (TPSA) is 408 Å². The molecule has 9 unspecified atom stereocenters. The number of amides is 10. The van der Waals surface area contributed by atoms with Crippen molar-refractivity contribution in [1.29, 1.82) is 0 Å².